The third-order valence-electron chi connectivity index (χ3n) is 1.70. The zero-order chi connectivity index (χ0) is 19.6. The van der Waals surface area contributed by atoms with Gasteiger partial charge in [-0.2, -0.15) is 0 Å². The molecule has 0 radical (unpaired) electrons. The van der Waals surface area contributed by atoms with E-state index in [1.807, 2.05) is 62.4 Å². The second-order valence-electron chi connectivity index (χ2n) is 4.40. The third kappa shape index (κ3) is 37.2. The maximum atomic E-state index is 4.50. The molecule has 0 aliphatic rings. The number of thiol groups is 1. The molecule has 0 fully saturated rings. The normalized spacial score (nSPS) is 7.08. The standard InChI is InChI=1S/C7H8.C6H6S.2C3H8.C2H6.CH5N/c1-7-5-3-2-4-6-7;7-6-4-2-1-3-5-6;2*1-3-2;2*1-2/h2-6H,1H3;1-5,7H;2*3H2,1-2H3;1-2H3;2H2,1H3. The van der Waals surface area contributed by atoms with Gasteiger partial charge in [0.05, 0.1) is 0 Å². The van der Waals surface area contributed by atoms with Crippen molar-refractivity contribution in [1.82, 2.24) is 0 Å². The van der Waals surface area contributed by atoms with Crippen LogP contribution < -0.4 is 5.73 Å². The van der Waals surface area contributed by atoms with Gasteiger partial charge in [0.1, 0.15) is 0 Å². The summed E-state index contributed by atoms with van der Waals surface area (Å²) in [6.07, 6.45) is 2.50. The summed E-state index contributed by atoms with van der Waals surface area (Å²) in [7, 11) is 1.50. The molecule has 1 nitrogen and oxygen atoms in total. The molecule has 140 valence electrons. The topological polar surface area (TPSA) is 26.0 Å². The van der Waals surface area contributed by atoms with Crippen molar-refractivity contribution < 1.29 is 0 Å². The summed E-state index contributed by atoms with van der Waals surface area (Å²) < 4.78 is 0. The smallest absolute Gasteiger partial charge is 0.00399 e. The fourth-order valence-corrected chi connectivity index (χ4v) is 1.13. The van der Waals surface area contributed by atoms with Crippen LogP contribution in [0.1, 0.15) is 59.9 Å². The molecule has 2 rings (SSSR count). The molecular weight excluding hydrogens is 310 g/mol. The van der Waals surface area contributed by atoms with Crippen molar-refractivity contribution in [3.63, 3.8) is 0 Å². The van der Waals surface area contributed by atoms with Crippen LogP contribution in [0.3, 0.4) is 0 Å². The van der Waals surface area contributed by atoms with E-state index in [9.17, 15) is 0 Å². The fourth-order valence-electron chi connectivity index (χ4n) is 0.962. The lowest BCUT2D eigenvalue weighted by Gasteiger charge is -1.82. The van der Waals surface area contributed by atoms with E-state index in [-0.39, 0.29) is 0 Å². The zero-order valence-corrected chi connectivity index (χ0v) is 18.1. The van der Waals surface area contributed by atoms with E-state index in [2.05, 4.69) is 65.1 Å². The number of rotatable bonds is 0. The molecule has 2 N–H and O–H groups in total. The van der Waals surface area contributed by atoms with Crippen LogP contribution in [-0.4, -0.2) is 7.05 Å². The van der Waals surface area contributed by atoms with Gasteiger partial charge in [-0.1, -0.05) is 108 Å². The van der Waals surface area contributed by atoms with E-state index in [4.69, 9.17) is 0 Å². The van der Waals surface area contributed by atoms with Crippen molar-refractivity contribution in [2.75, 3.05) is 7.05 Å². The van der Waals surface area contributed by atoms with Crippen LogP contribution in [0.4, 0.5) is 0 Å². The highest BCUT2D eigenvalue weighted by molar-refractivity contribution is 7.80. The van der Waals surface area contributed by atoms with E-state index in [1.54, 1.807) is 0 Å². The number of hydrogen-bond donors (Lipinski definition) is 2. The molecule has 0 aliphatic carbocycles. The molecule has 24 heavy (non-hydrogen) atoms. The van der Waals surface area contributed by atoms with Crippen LogP contribution in [0.5, 0.6) is 0 Å². The summed E-state index contributed by atoms with van der Waals surface area (Å²) in [6.45, 7) is 14.6. The number of nitrogens with two attached hydrogens (primary N) is 1. The number of aryl methyl sites for hydroxylation is 1. The minimum absolute atomic E-state index is 1.02. The maximum absolute atomic E-state index is 4.50. The Kier molecular flexibility index (Phi) is 42.6. The highest BCUT2D eigenvalue weighted by Gasteiger charge is 1.73. The molecule has 0 amide bonds. The molecule has 0 unspecified atom stereocenters. The molecule has 0 saturated heterocycles. The van der Waals surface area contributed by atoms with Crippen LogP contribution in [0.25, 0.3) is 0 Å². The average molecular weight is 352 g/mol. The van der Waals surface area contributed by atoms with Crippen molar-refractivity contribution in [1.29, 1.82) is 0 Å². The second-order valence-corrected chi connectivity index (χ2v) is 4.92. The average Bonchev–Trinajstić information content (AvgIpc) is 2.62. The Labute approximate surface area is 158 Å². The minimum Gasteiger partial charge on any atom is -0.333 e. The number of benzene rings is 2. The van der Waals surface area contributed by atoms with E-state index in [1.165, 1.54) is 25.5 Å². The first-order valence-corrected chi connectivity index (χ1v) is 9.40. The number of hydrogen-bond acceptors (Lipinski definition) is 2. The fraction of sp³-hybridized carbons (Fsp3) is 0.455. The molecule has 0 bridgehead atoms. The summed E-state index contributed by atoms with van der Waals surface area (Å²) in [5, 5.41) is 0. The van der Waals surface area contributed by atoms with Crippen LogP contribution in [0.15, 0.2) is 65.6 Å². The van der Waals surface area contributed by atoms with Crippen LogP contribution in [-0.2, 0) is 0 Å². The summed E-state index contributed by atoms with van der Waals surface area (Å²) in [5.74, 6) is 0. The quantitative estimate of drug-likeness (QED) is 0.475. The molecule has 2 aromatic rings. The summed E-state index contributed by atoms with van der Waals surface area (Å²) in [5.41, 5.74) is 5.82. The Bertz CT molecular complexity index is 334. The van der Waals surface area contributed by atoms with Gasteiger partial charge < -0.3 is 5.73 Å². The molecular formula is C22H41NS. The Morgan fingerprint density at radius 2 is 0.917 bits per heavy atom. The predicted molar refractivity (Wildman–Crippen MR) is 118 cm³/mol. The summed E-state index contributed by atoms with van der Waals surface area (Å²) in [6, 6.07) is 20.0. The molecule has 0 spiro atoms. The molecule has 2 heteroatoms. The molecule has 0 aliphatic heterocycles. The van der Waals surface area contributed by atoms with Gasteiger partial charge in [0.15, 0.2) is 0 Å². The van der Waals surface area contributed by atoms with Crippen molar-refractivity contribution in [2.24, 2.45) is 5.73 Å². The van der Waals surface area contributed by atoms with Gasteiger partial charge >= 0.3 is 0 Å². The van der Waals surface area contributed by atoms with Crippen molar-refractivity contribution in [3.05, 3.63) is 66.2 Å². The van der Waals surface area contributed by atoms with E-state index < -0.39 is 0 Å². The van der Waals surface area contributed by atoms with Crippen molar-refractivity contribution >= 4 is 12.6 Å². The third-order valence-corrected chi connectivity index (χ3v) is 1.99. The van der Waals surface area contributed by atoms with Gasteiger partial charge in [-0.15, -0.1) is 12.6 Å². The first-order chi connectivity index (χ1) is 11.6. The molecule has 2 aromatic carbocycles. The van der Waals surface area contributed by atoms with Crippen molar-refractivity contribution in [2.45, 2.75) is 66.2 Å². The Morgan fingerprint density at radius 3 is 1.04 bits per heavy atom. The van der Waals surface area contributed by atoms with Gasteiger partial charge in [0, 0.05) is 4.90 Å². The SMILES string of the molecule is CC.CCC.CCC.CN.Cc1ccccc1.Sc1ccccc1. The lowest BCUT2D eigenvalue weighted by Crippen LogP contribution is -1.69. The van der Waals surface area contributed by atoms with E-state index in [0.29, 0.717) is 0 Å². The molecule has 0 aromatic heterocycles. The Hall–Kier alpha value is -1.25. The van der Waals surface area contributed by atoms with Gasteiger partial charge in [-0.25, -0.2) is 0 Å². The monoisotopic (exact) mass is 351 g/mol. The molecule has 0 saturated carbocycles. The summed E-state index contributed by atoms with van der Waals surface area (Å²) >= 11 is 4.08. The summed E-state index contributed by atoms with van der Waals surface area (Å²) in [4.78, 5) is 1.02. The van der Waals surface area contributed by atoms with Crippen LogP contribution in [0.2, 0.25) is 0 Å². The van der Waals surface area contributed by atoms with Crippen LogP contribution >= 0.6 is 12.6 Å². The first-order valence-electron chi connectivity index (χ1n) is 8.95. The van der Waals surface area contributed by atoms with Gasteiger partial charge in [0.25, 0.3) is 0 Å². The predicted octanol–water partition coefficient (Wildman–Crippen LogP) is 7.40. The Balaban J connectivity index is -0.000000110. The van der Waals surface area contributed by atoms with Gasteiger partial charge in [0.2, 0.25) is 0 Å². The maximum Gasteiger partial charge on any atom is 0.00399 e. The second kappa shape index (κ2) is 33.4. The Morgan fingerprint density at radius 1 is 0.667 bits per heavy atom. The zero-order valence-electron chi connectivity index (χ0n) is 17.2. The van der Waals surface area contributed by atoms with Crippen molar-refractivity contribution in [3.8, 4) is 0 Å². The molecule has 0 atom stereocenters. The first kappa shape index (κ1) is 30.6. The van der Waals surface area contributed by atoms with Crippen LogP contribution in [0, 0.1) is 6.92 Å². The van der Waals surface area contributed by atoms with Gasteiger partial charge in [-0.3, -0.25) is 0 Å². The lowest BCUT2D eigenvalue weighted by molar-refractivity contribution is 1.09. The highest BCUT2D eigenvalue weighted by atomic mass is 32.1. The minimum atomic E-state index is 1.02. The highest BCUT2D eigenvalue weighted by Crippen LogP contribution is 2.00. The van der Waals surface area contributed by atoms with Gasteiger partial charge in [-0.05, 0) is 26.1 Å². The lowest BCUT2D eigenvalue weighted by atomic mass is 10.2. The van der Waals surface area contributed by atoms with E-state index in [0.717, 1.165) is 4.90 Å². The molecule has 0 heterocycles. The van der Waals surface area contributed by atoms with E-state index >= 15 is 0 Å². The largest absolute Gasteiger partial charge is 0.333 e.